The maximum atomic E-state index is 12.4. The minimum atomic E-state index is -3.17. The molecule has 0 aliphatic rings. The molecule has 58 valence electrons. The van der Waals surface area contributed by atoms with Crippen molar-refractivity contribution in [3.05, 3.63) is 0 Å². The van der Waals surface area contributed by atoms with Crippen LogP contribution in [0.25, 0.3) is 0 Å². The molecule has 0 radical (unpaired) electrons. The van der Waals surface area contributed by atoms with Crippen molar-refractivity contribution >= 4 is 0 Å². The molecule has 1 atom stereocenters. The normalized spacial score (nSPS) is 14.9. The number of halogens is 2. The Labute approximate surface area is 59.7 Å². The van der Waals surface area contributed by atoms with Crippen molar-refractivity contribution in [1.29, 1.82) is 5.26 Å². The van der Waals surface area contributed by atoms with Gasteiger partial charge in [0.15, 0.2) is 0 Å². The van der Waals surface area contributed by atoms with Gasteiger partial charge in [-0.15, -0.1) is 0 Å². The Kier molecular flexibility index (Phi) is 2.77. The van der Waals surface area contributed by atoms with E-state index < -0.39 is 11.8 Å². The van der Waals surface area contributed by atoms with Crippen LogP contribution in [0.2, 0.25) is 0 Å². The predicted molar refractivity (Wildman–Crippen MR) is 34.6 cm³/mol. The van der Waals surface area contributed by atoms with E-state index >= 15 is 0 Å². The third-order valence-corrected chi connectivity index (χ3v) is 1.72. The minimum Gasteiger partial charge on any atom is -0.192 e. The topological polar surface area (TPSA) is 23.8 Å². The Balaban J connectivity index is 4.22. The molecule has 0 heterocycles. The predicted octanol–water partition coefficient (Wildman–Crippen LogP) is 2.44. The zero-order valence-electron chi connectivity index (χ0n) is 6.36. The summed E-state index contributed by atoms with van der Waals surface area (Å²) in [5.41, 5.74) is 0. The van der Waals surface area contributed by atoms with E-state index in [4.69, 9.17) is 5.26 Å². The van der Waals surface area contributed by atoms with Gasteiger partial charge >= 0.3 is 5.92 Å². The molecule has 0 saturated carbocycles. The average Bonchev–Trinajstić information content (AvgIpc) is 1.86. The Hall–Kier alpha value is -0.650. The van der Waals surface area contributed by atoms with Crippen molar-refractivity contribution in [1.82, 2.24) is 0 Å². The number of nitrogens with zero attached hydrogens (tertiary/aromatic N) is 1. The fourth-order valence-corrected chi connectivity index (χ4v) is 0.520. The summed E-state index contributed by atoms with van der Waals surface area (Å²) in [4.78, 5) is 0. The first-order valence-corrected chi connectivity index (χ1v) is 3.21. The van der Waals surface area contributed by atoms with Crippen molar-refractivity contribution in [3.63, 3.8) is 0 Å². The molecular weight excluding hydrogens is 136 g/mol. The number of hydrogen-bond donors (Lipinski definition) is 0. The maximum absolute atomic E-state index is 12.4. The zero-order chi connectivity index (χ0) is 8.36. The highest BCUT2D eigenvalue weighted by Gasteiger charge is 2.37. The largest absolute Gasteiger partial charge is 0.334 e. The second-order valence-corrected chi connectivity index (χ2v) is 2.77. The van der Waals surface area contributed by atoms with E-state index in [2.05, 4.69) is 0 Å². The first-order valence-electron chi connectivity index (χ1n) is 3.21. The van der Waals surface area contributed by atoms with E-state index in [-0.39, 0.29) is 5.92 Å². The summed E-state index contributed by atoms with van der Waals surface area (Å²) in [6.45, 7) is 4.74. The summed E-state index contributed by atoms with van der Waals surface area (Å²) < 4.78 is 24.9. The van der Waals surface area contributed by atoms with Crippen molar-refractivity contribution in [2.24, 2.45) is 11.8 Å². The van der Waals surface area contributed by atoms with Gasteiger partial charge in [0.25, 0.3) is 0 Å². The lowest BCUT2D eigenvalue weighted by molar-refractivity contribution is -0.0124. The van der Waals surface area contributed by atoms with Crippen LogP contribution in [0.3, 0.4) is 0 Å². The molecule has 3 heteroatoms. The Morgan fingerprint density at radius 3 is 1.80 bits per heavy atom. The highest BCUT2D eigenvalue weighted by Crippen LogP contribution is 2.28. The summed E-state index contributed by atoms with van der Waals surface area (Å²) in [6.07, 6.45) is 0. The van der Waals surface area contributed by atoms with E-state index in [0.717, 1.165) is 6.07 Å². The highest BCUT2D eigenvalue weighted by molar-refractivity contribution is 4.95. The molecule has 0 spiro atoms. The quantitative estimate of drug-likeness (QED) is 0.588. The first-order chi connectivity index (χ1) is 4.41. The lowest BCUT2D eigenvalue weighted by atomic mass is 9.92. The van der Waals surface area contributed by atoms with Gasteiger partial charge in [-0.2, -0.15) is 14.0 Å². The van der Waals surface area contributed by atoms with Gasteiger partial charge in [0.1, 0.15) is 6.07 Å². The molecule has 0 aliphatic carbocycles. The summed E-state index contributed by atoms with van der Waals surface area (Å²) >= 11 is 0. The molecule has 0 aromatic heterocycles. The summed E-state index contributed by atoms with van der Waals surface area (Å²) in [7, 11) is 0. The van der Waals surface area contributed by atoms with Gasteiger partial charge in [0.2, 0.25) is 0 Å². The molecule has 1 nitrogen and oxygen atoms in total. The Bertz CT molecular complexity index is 146. The molecule has 0 N–H and O–H groups in total. The number of hydrogen-bond acceptors (Lipinski definition) is 1. The second-order valence-electron chi connectivity index (χ2n) is 2.77. The van der Waals surface area contributed by atoms with Crippen LogP contribution in [0.1, 0.15) is 20.8 Å². The monoisotopic (exact) mass is 147 g/mol. The third kappa shape index (κ3) is 1.94. The van der Waals surface area contributed by atoms with E-state index in [1.807, 2.05) is 0 Å². The van der Waals surface area contributed by atoms with Gasteiger partial charge in [-0.3, -0.25) is 0 Å². The van der Waals surface area contributed by atoms with Gasteiger partial charge in [-0.05, 0) is 5.92 Å². The fraction of sp³-hybridized carbons (Fsp3) is 0.857. The number of alkyl halides is 2. The van der Waals surface area contributed by atoms with Crippen LogP contribution in [0.4, 0.5) is 8.78 Å². The van der Waals surface area contributed by atoms with Crippen LogP contribution in [-0.2, 0) is 0 Å². The summed E-state index contributed by atoms with van der Waals surface area (Å²) in [5, 5.41) is 8.01. The first kappa shape index (κ1) is 9.35. The molecule has 0 aromatic rings. The standard InChI is InChI=1S/C7H11F2N/c1-5(2)6(3)7(8,9)4-10/h5-6H,1-3H3. The second kappa shape index (κ2) is 2.96. The van der Waals surface area contributed by atoms with Crippen LogP contribution in [-0.4, -0.2) is 5.92 Å². The van der Waals surface area contributed by atoms with Gasteiger partial charge in [-0.1, -0.05) is 20.8 Å². The average molecular weight is 147 g/mol. The van der Waals surface area contributed by atoms with Gasteiger partial charge in [0, 0.05) is 5.92 Å². The molecular formula is C7H11F2N. The molecule has 0 aliphatic heterocycles. The van der Waals surface area contributed by atoms with E-state index in [0.29, 0.717) is 0 Å². The molecule has 0 fully saturated rings. The minimum absolute atomic E-state index is 0.158. The Morgan fingerprint density at radius 1 is 1.30 bits per heavy atom. The molecule has 0 rings (SSSR count). The lowest BCUT2D eigenvalue weighted by Crippen LogP contribution is -2.27. The van der Waals surface area contributed by atoms with E-state index in [1.165, 1.54) is 6.92 Å². The van der Waals surface area contributed by atoms with Crippen LogP contribution in [0, 0.1) is 23.2 Å². The fourth-order valence-electron chi connectivity index (χ4n) is 0.520. The van der Waals surface area contributed by atoms with Crippen molar-refractivity contribution in [3.8, 4) is 6.07 Å². The third-order valence-electron chi connectivity index (χ3n) is 1.72. The smallest absolute Gasteiger partial charge is 0.192 e. The molecule has 0 amide bonds. The molecule has 1 unspecified atom stereocenters. The molecule has 10 heavy (non-hydrogen) atoms. The number of rotatable bonds is 2. The highest BCUT2D eigenvalue weighted by atomic mass is 19.3. The SMILES string of the molecule is CC(C)C(C)C(F)(F)C#N. The Morgan fingerprint density at radius 2 is 1.70 bits per heavy atom. The van der Waals surface area contributed by atoms with E-state index in [1.54, 1.807) is 13.8 Å². The van der Waals surface area contributed by atoms with Crippen LogP contribution in [0.5, 0.6) is 0 Å². The van der Waals surface area contributed by atoms with Gasteiger partial charge in [0.05, 0.1) is 0 Å². The molecule has 0 bridgehead atoms. The van der Waals surface area contributed by atoms with Crippen molar-refractivity contribution in [2.45, 2.75) is 26.7 Å². The van der Waals surface area contributed by atoms with E-state index in [9.17, 15) is 8.78 Å². The van der Waals surface area contributed by atoms with Gasteiger partial charge in [-0.25, -0.2) is 0 Å². The van der Waals surface area contributed by atoms with Crippen LogP contribution >= 0.6 is 0 Å². The maximum Gasteiger partial charge on any atom is 0.334 e. The number of nitriles is 1. The van der Waals surface area contributed by atoms with Gasteiger partial charge < -0.3 is 0 Å². The van der Waals surface area contributed by atoms with Crippen LogP contribution in [0.15, 0.2) is 0 Å². The summed E-state index contributed by atoms with van der Waals surface area (Å²) in [6, 6.07) is 0.989. The van der Waals surface area contributed by atoms with Crippen molar-refractivity contribution < 1.29 is 8.78 Å². The summed E-state index contributed by atoms with van der Waals surface area (Å²) in [5.74, 6) is -4.19. The lowest BCUT2D eigenvalue weighted by Gasteiger charge is -2.19. The van der Waals surface area contributed by atoms with Crippen molar-refractivity contribution in [2.75, 3.05) is 0 Å². The molecule has 0 aromatic carbocycles. The zero-order valence-corrected chi connectivity index (χ0v) is 6.36. The van der Waals surface area contributed by atoms with Crippen LogP contribution < -0.4 is 0 Å². The molecule has 0 saturated heterocycles.